The van der Waals surface area contributed by atoms with E-state index >= 15 is 0 Å². The zero-order chi connectivity index (χ0) is 22.7. The third-order valence-corrected chi connectivity index (χ3v) is 4.85. The van der Waals surface area contributed by atoms with Crippen LogP contribution in [0.25, 0.3) is 0 Å². The van der Waals surface area contributed by atoms with E-state index in [2.05, 4.69) is 9.97 Å². The van der Waals surface area contributed by atoms with Crippen LogP contribution in [0.4, 0.5) is 0 Å². The molecule has 30 heavy (non-hydrogen) atoms. The summed E-state index contributed by atoms with van der Waals surface area (Å²) in [5.41, 5.74) is 2.50. The fourth-order valence-corrected chi connectivity index (χ4v) is 3.34. The van der Waals surface area contributed by atoms with Gasteiger partial charge in [-0.1, -0.05) is 0 Å². The van der Waals surface area contributed by atoms with Crippen molar-refractivity contribution in [2.24, 2.45) is 0 Å². The van der Waals surface area contributed by atoms with Crippen LogP contribution in [0.5, 0.6) is 0 Å². The summed E-state index contributed by atoms with van der Waals surface area (Å²) >= 11 is 0. The average Bonchev–Trinajstić information content (AvgIpc) is 3.15. The molecule has 2 N–H and O–H groups in total. The normalized spacial score (nSPS) is 11.7. The van der Waals surface area contributed by atoms with E-state index < -0.39 is 29.8 Å². The van der Waals surface area contributed by atoms with Crippen LogP contribution in [0.2, 0.25) is 0 Å². The van der Waals surface area contributed by atoms with Crippen LogP contribution in [0, 0.1) is 27.7 Å². The Balaban J connectivity index is 2.26. The number of aromatic nitrogens is 2. The lowest BCUT2D eigenvalue weighted by molar-refractivity contribution is 0.0315. The van der Waals surface area contributed by atoms with Crippen molar-refractivity contribution in [2.45, 2.75) is 47.6 Å². The monoisotopic (exact) mass is 418 g/mol. The molecule has 2 heterocycles. The minimum atomic E-state index is -1.13. The van der Waals surface area contributed by atoms with E-state index in [-0.39, 0.29) is 29.1 Å². The number of carbonyl (C=O) groups excluding carboxylic acids is 4. The lowest BCUT2D eigenvalue weighted by Gasteiger charge is -2.13. The Morgan fingerprint density at radius 2 is 1.33 bits per heavy atom. The van der Waals surface area contributed by atoms with Gasteiger partial charge >= 0.3 is 17.9 Å². The standard InChI is InChI=1S/C21H26N2O7/c1-8-29-21(27)17-10(3)15(12(5)23-17)20(26)30-13(6)18(24)16-9(2)14(11(4)22-16)19(25)28-7/h13,22-23H,8H2,1-7H3/t13-/m1/s1. The number of hydrogen-bond acceptors (Lipinski definition) is 7. The predicted octanol–water partition coefficient (Wildman–Crippen LogP) is 2.97. The number of methoxy groups -OCH3 is 1. The maximum absolute atomic E-state index is 12.8. The van der Waals surface area contributed by atoms with Crippen molar-refractivity contribution in [2.75, 3.05) is 13.7 Å². The zero-order valence-corrected chi connectivity index (χ0v) is 18.1. The number of carbonyl (C=O) groups is 4. The molecule has 9 nitrogen and oxygen atoms in total. The summed E-state index contributed by atoms with van der Waals surface area (Å²) in [5.74, 6) is -2.37. The van der Waals surface area contributed by atoms with Gasteiger partial charge in [-0.2, -0.15) is 0 Å². The molecule has 0 spiro atoms. The van der Waals surface area contributed by atoms with Crippen molar-refractivity contribution in [3.63, 3.8) is 0 Å². The van der Waals surface area contributed by atoms with Crippen LogP contribution in [0.3, 0.4) is 0 Å². The van der Waals surface area contributed by atoms with Crippen LogP contribution in [0.15, 0.2) is 0 Å². The van der Waals surface area contributed by atoms with Gasteiger partial charge in [0.2, 0.25) is 5.78 Å². The van der Waals surface area contributed by atoms with Gasteiger partial charge in [0, 0.05) is 11.4 Å². The number of Topliss-reactive ketones (excluding diaryl/α,β-unsaturated/α-hetero) is 1. The molecular weight excluding hydrogens is 392 g/mol. The Morgan fingerprint density at radius 1 is 0.833 bits per heavy atom. The highest BCUT2D eigenvalue weighted by molar-refractivity contribution is 6.05. The SMILES string of the molecule is CCOC(=O)c1[nH]c(C)c(C(=O)O[C@H](C)C(=O)c2[nH]c(C)c(C(=O)OC)c2C)c1C. The van der Waals surface area contributed by atoms with Crippen LogP contribution in [-0.4, -0.2) is 53.5 Å². The number of ether oxygens (including phenoxy) is 3. The molecule has 162 valence electrons. The number of aryl methyl sites for hydroxylation is 2. The predicted molar refractivity (Wildman–Crippen MR) is 107 cm³/mol. The van der Waals surface area contributed by atoms with Crippen molar-refractivity contribution < 1.29 is 33.4 Å². The van der Waals surface area contributed by atoms with Gasteiger partial charge in [-0.15, -0.1) is 0 Å². The second kappa shape index (κ2) is 8.98. The average molecular weight is 418 g/mol. The van der Waals surface area contributed by atoms with Crippen molar-refractivity contribution in [1.29, 1.82) is 0 Å². The molecule has 9 heteroatoms. The largest absolute Gasteiger partial charge is 0.465 e. The Bertz CT molecular complexity index is 1010. The molecule has 0 saturated heterocycles. The lowest BCUT2D eigenvalue weighted by Crippen LogP contribution is -2.26. The van der Waals surface area contributed by atoms with E-state index in [0.29, 0.717) is 22.5 Å². The summed E-state index contributed by atoms with van der Waals surface area (Å²) in [6.07, 6.45) is -1.13. The molecule has 0 aromatic carbocycles. The molecule has 0 aliphatic rings. The molecule has 0 aliphatic heterocycles. The molecule has 0 amide bonds. The van der Waals surface area contributed by atoms with Crippen molar-refractivity contribution in [3.05, 3.63) is 45.0 Å². The minimum absolute atomic E-state index is 0.166. The number of esters is 3. The summed E-state index contributed by atoms with van der Waals surface area (Å²) in [4.78, 5) is 55.2. The van der Waals surface area contributed by atoms with Gasteiger partial charge in [0.05, 0.1) is 30.5 Å². The molecular formula is C21H26N2O7. The molecule has 0 saturated carbocycles. The summed E-state index contributed by atoms with van der Waals surface area (Å²) in [5, 5.41) is 0. The summed E-state index contributed by atoms with van der Waals surface area (Å²) in [7, 11) is 1.26. The second-order valence-electron chi connectivity index (χ2n) is 6.87. The molecule has 2 aromatic rings. The van der Waals surface area contributed by atoms with E-state index in [1.165, 1.54) is 14.0 Å². The smallest absolute Gasteiger partial charge is 0.355 e. The van der Waals surface area contributed by atoms with Gasteiger partial charge in [0.1, 0.15) is 5.69 Å². The first-order chi connectivity index (χ1) is 14.0. The molecule has 0 unspecified atom stereocenters. The van der Waals surface area contributed by atoms with Crippen molar-refractivity contribution in [3.8, 4) is 0 Å². The van der Waals surface area contributed by atoms with Gasteiger partial charge in [-0.25, -0.2) is 14.4 Å². The van der Waals surface area contributed by atoms with Gasteiger partial charge in [-0.3, -0.25) is 4.79 Å². The van der Waals surface area contributed by atoms with E-state index in [4.69, 9.17) is 14.2 Å². The Morgan fingerprint density at radius 3 is 1.87 bits per heavy atom. The summed E-state index contributed by atoms with van der Waals surface area (Å²) < 4.78 is 15.1. The number of nitrogens with one attached hydrogen (secondary N) is 2. The Labute approximate surface area is 174 Å². The quantitative estimate of drug-likeness (QED) is 0.402. The third-order valence-electron chi connectivity index (χ3n) is 4.85. The maximum Gasteiger partial charge on any atom is 0.355 e. The van der Waals surface area contributed by atoms with Gasteiger partial charge in [0.25, 0.3) is 0 Å². The third kappa shape index (κ3) is 4.14. The molecule has 0 fully saturated rings. The van der Waals surface area contributed by atoms with E-state index in [0.717, 1.165) is 0 Å². The number of aromatic amines is 2. The molecule has 0 radical (unpaired) electrons. The molecule has 0 aliphatic carbocycles. The van der Waals surface area contributed by atoms with Crippen LogP contribution in [0.1, 0.15) is 78.1 Å². The first-order valence-corrected chi connectivity index (χ1v) is 9.43. The van der Waals surface area contributed by atoms with Crippen LogP contribution < -0.4 is 0 Å². The first kappa shape index (κ1) is 22.9. The lowest BCUT2D eigenvalue weighted by atomic mass is 10.1. The van der Waals surface area contributed by atoms with E-state index in [1.807, 2.05) is 0 Å². The summed E-state index contributed by atoms with van der Waals surface area (Å²) in [6.45, 7) is 9.81. The highest BCUT2D eigenvalue weighted by atomic mass is 16.5. The fraction of sp³-hybridized carbons (Fsp3) is 0.429. The maximum atomic E-state index is 12.8. The molecule has 2 rings (SSSR count). The highest BCUT2D eigenvalue weighted by Crippen LogP contribution is 2.23. The molecule has 2 aromatic heterocycles. The van der Waals surface area contributed by atoms with E-state index in [9.17, 15) is 19.2 Å². The highest BCUT2D eigenvalue weighted by Gasteiger charge is 2.30. The second-order valence-corrected chi connectivity index (χ2v) is 6.87. The van der Waals surface area contributed by atoms with Crippen molar-refractivity contribution in [1.82, 2.24) is 9.97 Å². The first-order valence-electron chi connectivity index (χ1n) is 9.43. The zero-order valence-electron chi connectivity index (χ0n) is 18.1. The number of ketones is 1. The van der Waals surface area contributed by atoms with Gasteiger partial charge < -0.3 is 24.2 Å². The molecule has 0 bridgehead atoms. The van der Waals surface area contributed by atoms with E-state index in [1.54, 1.807) is 34.6 Å². The van der Waals surface area contributed by atoms with Gasteiger partial charge in [-0.05, 0) is 52.7 Å². The number of rotatable bonds is 7. The minimum Gasteiger partial charge on any atom is -0.465 e. The van der Waals surface area contributed by atoms with Crippen LogP contribution >= 0.6 is 0 Å². The summed E-state index contributed by atoms with van der Waals surface area (Å²) in [6, 6.07) is 0. The van der Waals surface area contributed by atoms with Gasteiger partial charge in [0.15, 0.2) is 6.10 Å². The van der Waals surface area contributed by atoms with Crippen molar-refractivity contribution >= 4 is 23.7 Å². The Hall–Kier alpha value is -3.36. The fourth-order valence-electron chi connectivity index (χ4n) is 3.34. The number of hydrogen-bond donors (Lipinski definition) is 2. The Kier molecular flexibility index (Phi) is 6.86. The molecule has 1 atom stereocenters. The number of H-pyrrole nitrogens is 2. The van der Waals surface area contributed by atoms with Crippen LogP contribution in [-0.2, 0) is 14.2 Å². The topological polar surface area (TPSA) is 128 Å².